The van der Waals surface area contributed by atoms with Gasteiger partial charge < -0.3 is 14.6 Å². The lowest BCUT2D eigenvalue weighted by atomic mass is 9.74. The van der Waals surface area contributed by atoms with Crippen LogP contribution in [0, 0.1) is 11.8 Å². The minimum absolute atomic E-state index is 0.0468. The number of allylic oxidation sites excluding steroid dienone is 5. The third-order valence-electron chi connectivity index (χ3n) is 4.95. The first kappa shape index (κ1) is 21.5. The first-order valence-corrected chi connectivity index (χ1v) is 9.50. The monoisotopic (exact) mass is 394 g/mol. The summed E-state index contributed by atoms with van der Waals surface area (Å²) in [5.41, 5.74) is -0.262. The molecular formula is C21H27ClO5. The van der Waals surface area contributed by atoms with E-state index in [9.17, 15) is 14.7 Å². The molecule has 0 spiro atoms. The van der Waals surface area contributed by atoms with Gasteiger partial charge in [-0.25, -0.2) is 0 Å². The molecule has 0 saturated heterocycles. The van der Waals surface area contributed by atoms with E-state index in [2.05, 4.69) is 19.9 Å². The topological polar surface area (TPSA) is 72.8 Å². The van der Waals surface area contributed by atoms with Gasteiger partial charge in [-0.3, -0.25) is 9.59 Å². The molecule has 4 atom stereocenters. The predicted molar refractivity (Wildman–Crippen MR) is 104 cm³/mol. The molecule has 1 heterocycles. The Morgan fingerprint density at radius 1 is 1.52 bits per heavy atom. The fourth-order valence-electron chi connectivity index (χ4n) is 3.24. The van der Waals surface area contributed by atoms with Gasteiger partial charge in [-0.15, -0.1) is 0 Å². The van der Waals surface area contributed by atoms with Gasteiger partial charge in [0.25, 0.3) is 0 Å². The molecule has 3 unspecified atom stereocenters. The number of hydrogen-bond acceptors (Lipinski definition) is 5. The van der Waals surface area contributed by atoms with Gasteiger partial charge in [-0.05, 0) is 37.5 Å². The van der Waals surface area contributed by atoms with Gasteiger partial charge in [-0.2, -0.15) is 0 Å². The van der Waals surface area contributed by atoms with E-state index in [4.69, 9.17) is 21.1 Å². The number of ketones is 1. The van der Waals surface area contributed by atoms with Crippen molar-refractivity contribution in [3.63, 3.8) is 0 Å². The highest BCUT2D eigenvalue weighted by molar-refractivity contribution is 6.44. The normalized spacial score (nSPS) is 30.0. The van der Waals surface area contributed by atoms with Crippen molar-refractivity contribution < 1.29 is 24.2 Å². The highest BCUT2D eigenvalue weighted by Crippen LogP contribution is 2.41. The lowest BCUT2D eigenvalue weighted by molar-refractivity contribution is -0.174. The third kappa shape index (κ3) is 4.71. The minimum atomic E-state index is -1.89. The van der Waals surface area contributed by atoms with E-state index < -0.39 is 29.4 Å². The predicted octanol–water partition coefficient (Wildman–Crippen LogP) is 3.82. The summed E-state index contributed by atoms with van der Waals surface area (Å²) in [6.45, 7) is 8.99. The average Bonchev–Trinajstić information content (AvgIpc) is 2.61. The number of aliphatic hydroxyl groups is 1. The summed E-state index contributed by atoms with van der Waals surface area (Å²) < 4.78 is 11.0. The Hall–Kier alpha value is -1.85. The van der Waals surface area contributed by atoms with Crippen LogP contribution in [-0.2, 0) is 19.1 Å². The van der Waals surface area contributed by atoms with Gasteiger partial charge in [0.2, 0.25) is 5.78 Å². The smallest absolute Gasteiger partial charge is 0.303 e. The molecule has 0 radical (unpaired) electrons. The summed E-state index contributed by atoms with van der Waals surface area (Å²) in [7, 11) is 0. The Balaban J connectivity index is 2.34. The summed E-state index contributed by atoms with van der Waals surface area (Å²) in [5, 5.41) is 10.5. The number of ether oxygens (including phenoxy) is 2. The number of rotatable bonds is 5. The number of Topliss-reactive ketones (excluding diaryl/α,β-unsaturated/α-hetero) is 1. The zero-order valence-electron chi connectivity index (χ0n) is 16.4. The van der Waals surface area contributed by atoms with Crippen LogP contribution in [0.5, 0.6) is 0 Å². The largest absolute Gasteiger partial charge is 0.493 e. The summed E-state index contributed by atoms with van der Waals surface area (Å²) >= 11 is 6.24. The number of esters is 1. The van der Waals surface area contributed by atoms with Crippen molar-refractivity contribution in [1.29, 1.82) is 0 Å². The van der Waals surface area contributed by atoms with Crippen molar-refractivity contribution in [3.05, 3.63) is 46.2 Å². The maximum Gasteiger partial charge on any atom is 0.303 e. The highest BCUT2D eigenvalue weighted by Gasteiger charge is 2.53. The summed E-state index contributed by atoms with van der Waals surface area (Å²) in [6, 6.07) is 0. The van der Waals surface area contributed by atoms with Crippen LogP contribution in [0.15, 0.2) is 46.2 Å². The molecule has 1 aliphatic heterocycles. The second-order valence-electron chi connectivity index (χ2n) is 7.37. The van der Waals surface area contributed by atoms with Crippen LogP contribution in [0.4, 0.5) is 0 Å². The van der Waals surface area contributed by atoms with Crippen molar-refractivity contribution in [2.24, 2.45) is 11.8 Å². The van der Waals surface area contributed by atoms with Gasteiger partial charge in [0.05, 0.1) is 17.6 Å². The van der Waals surface area contributed by atoms with E-state index in [1.54, 1.807) is 6.08 Å². The Morgan fingerprint density at radius 3 is 2.78 bits per heavy atom. The first-order chi connectivity index (χ1) is 12.6. The van der Waals surface area contributed by atoms with Crippen molar-refractivity contribution in [2.75, 3.05) is 6.61 Å². The summed E-state index contributed by atoms with van der Waals surface area (Å²) in [4.78, 5) is 23.9. The lowest BCUT2D eigenvalue weighted by Gasteiger charge is -2.42. The molecule has 0 aromatic rings. The van der Waals surface area contributed by atoms with E-state index >= 15 is 0 Å². The average molecular weight is 395 g/mol. The van der Waals surface area contributed by atoms with Gasteiger partial charge in [0.1, 0.15) is 11.9 Å². The molecule has 0 bridgehead atoms. The first-order valence-electron chi connectivity index (χ1n) is 9.13. The molecule has 0 amide bonds. The standard InChI is InChI=1S/C21H27ClO5/c1-6-12(2)9-13(3)7-8-15-10-16-17(11-26-15)20(27-14(4)23)21(5,25)19(24)18(16)22/h7-10,12,17,20,25H,6,11H2,1-5H3/b8-7+,13-9+/t12?,17?,20?,21-/m0/s1. The molecule has 1 N–H and O–H groups in total. The minimum Gasteiger partial charge on any atom is -0.493 e. The second kappa shape index (κ2) is 8.44. The van der Waals surface area contributed by atoms with E-state index in [0.29, 0.717) is 17.3 Å². The highest BCUT2D eigenvalue weighted by atomic mass is 35.5. The molecule has 0 saturated carbocycles. The second-order valence-corrected chi connectivity index (χ2v) is 7.75. The molecule has 2 aliphatic rings. The van der Waals surface area contributed by atoms with Crippen molar-refractivity contribution in [3.8, 4) is 0 Å². The van der Waals surface area contributed by atoms with E-state index in [0.717, 1.165) is 12.0 Å². The van der Waals surface area contributed by atoms with Crippen LogP contribution < -0.4 is 0 Å². The van der Waals surface area contributed by atoms with Gasteiger partial charge >= 0.3 is 5.97 Å². The molecule has 27 heavy (non-hydrogen) atoms. The molecule has 0 fully saturated rings. The molecule has 148 valence electrons. The van der Waals surface area contributed by atoms with Crippen molar-refractivity contribution in [1.82, 2.24) is 0 Å². The number of fused-ring (bicyclic) bond motifs is 1. The maximum atomic E-state index is 12.5. The van der Waals surface area contributed by atoms with Crippen LogP contribution in [-0.4, -0.2) is 35.2 Å². The molecule has 5 nitrogen and oxygen atoms in total. The molecule has 6 heteroatoms. The van der Waals surface area contributed by atoms with Crippen LogP contribution in [0.25, 0.3) is 0 Å². The third-order valence-corrected chi connectivity index (χ3v) is 5.34. The van der Waals surface area contributed by atoms with E-state index in [1.807, 2.05) is 19.1 Å². The van der Waals surface area contributed by atoms with Crippen LogP contribution in [0.1, 0.15) is 41.0 Å². The zero-order chi connectivity index (χ0) is 20.4. The Bertz CT molecular complexity index is 742. The van der Waals surface area contributed by atoms with Gasteiger partial charge in [0, 0.05) is 6.92 Å². The van der Waals surface area contributed by atoms with Crippen LogP contribution in [0.2, 0.25) is 0 Å². The zero-order valence-corrected chi connectivity index (χ0v) is 17.2. The summed E-state index contributed by atoms with van der Waals surface area (Å²) in [5.74, 6) is -0.697. The summed E-state index contributed by atoms with van der Waals surface area (Å²) in [6.07, 6.45) is 7.62. The molecule has 1 aliphatic carbocycles. The Kier molecular flexibility index (Phi) is 6.71. The number of carbonyl (C=O) groups is 2. The SMILES string of the molecule is CCC(C)/C=C(C)/C=C/C1=CC2=C(Cl)C(=O)[C@](C)(O)C(OC(C)=O)C2CO1. The lowest BCUT2D eigenvalue weighted by Crippen LogP contribution is -2.57. The number of carbonyl (C=O) groups excluding carboxylic acids is 2. The molecular weight excluding hydrogens is 368 g/mol. The van der Waals surface area contributed by atoms with Crippen molar-refractivity contribution >= 4 is 23.4 Å². The van der Waals surface area contributed by atoms with Crippen LogP contribution in [0.3, 0.4) is 0 Å². The number of halogens is 1. The Morgan fingerprint density at radius 2 is 2.19 bits per heavy atom. The Labute approximate surface area is 165 Å². The van der Waals surface area contributed by atoms with Crippen molar-refractivity contribution in [2.45, 2.75) is 52.7 Å². The van der Waals surface area contributed by atoms with Crippen LogP contribution >= 0.6 is 11.6 Å². The maximum absolute atomic E-state index is 12.5. The molecule has 0 aromatic carbocycles. The molecule has 0 aromatic heterocycles. The number of hydrogen-bond donors (Lipinski definition) is 1. The van der Waals surface area contributed by atoms with E-state index in [-0.39, 0.29) is 11.6 Å². The fraction of sp³-hybridized carbons (Fsp3) is 0.524. The van der Waals surface area contributed by atoms with Gasteiger partial charge in [0.15, 0.2) is 5.60 Å². The van der Waals surface area contributed by atoms with Gasteiger partial charge in [-0.1, -0.05) is 49.6 Å². The fourth-order valence-corrected chi connectivity index (χ4v) is 3.62. The van der Waals surface area contributed by atoms with E-state index in [1.165, 1.54) is 13.8 Å². The molecule has 2 rings (SSSR count). The quantitative estimate of drug-likeness (QED) is 0.566.